The van der Waals surface area contributed by atoms with Gasteiger partial charge in [0.05, 0.1) is 12.3 Å². The summed E-state index contributed by atoms with van der Waals surface area (Å²) in [7, 11) is 0. The molecule has 1 aromatic carbocycles. The molecule has 1 aliphatic rings. The lowest BCUT2D eigenvalue weighted by atomic mass is 10.1. The van der Waals surface area contributed by atoms with Gasteiger partial charge in [0.15, 0.2) is 0 Å². The number of rotatable bonds is 8. The third-order valence-electron chi connectivity index (χ3n) is 3.44. The predicted octanol–water partition coefficient (Wildman–Crippen LogP) is 3.12. The van der Waals surface area contributed by atoms with Crippen LogP contribution in [0.2, 0.25) is 0 Å². The quantitative estimate of drug-likeness (QED) is 0.566. The van der Waals surface area contributed by atoms with Gasteiger partial charge in [-0.1, -0.05) is 26.2 Å². The first-order chi connectivity index (χ1) is 9.70. The Morgan fingerprint density at radius 2 is 2.15 bits per heavy atom. The van der Waals surface area contributed by atoms with Crippen LogP contribution in [0.5, 0.6) is 5.75 Å². The number of carbonyl (C=O) groups is 1. The molecule has 0 radical (unpaired) electrons. The van der Waals surface area contributed by atoms with Gasteiger partial charge in [-0.25, -0.2) is 0 Å². The van der Waals surface area contributed by atoms with E-state index in [1.165, 1.54) is 19.3 Å². The lowest BCUT2D eigenvalue weighted by Crippen LogP contribution is -2.25. The number of hydrogen-bond acceptors (Lipinski definition) is 3. The van der Waals surface area contributed by atoms with Crippen molar-refractivity contribution in [3.63, 3.8) is 0 Å². The SMILES string of the molecule is CCCCCCOc1ccc(C(=O)NC2CC2)cc1N. The molecule has 2 rings (SSSR count). The second-order valence-corrected chi connectivity index (χ2v) is 5.41. The number of nitrogens with two attached hydrogens (primary N) is 1. The number of hydrogen-bond donors (Lipinski definition) is 2. The highest BCUT2D eigenvalue weighted by atomic mass is 16.5. The van der Waals surface area contributed by atoms with E-state index in [0.717, 1.165) is 19.3 Å². The van der Waals surface area contributed by atoms with E-state index in [1.54, 1.807) is 18.2 Å². The second-order valence-electron chi connectivity index (χ2n) is 5.41. The maximum atomic E-state index is 11.9. The van der Waals surface area contributed by atoms with Gasteiger partial charge in [-0.3, -0.25) is 4.79 Å². The number of nitrogen functional groups attached to an aromatic ring is 1. The van der Waals surface area contributed by atoms with Gasteiger partial charge in [-0.05, 0) is 37.5 Å². The Morgan fingerprint density at radius 3 is 2.80 bits per heavy atom. The van der Waals surface area contributed by atoms with Crippen molar-refractivity contribution in [2.24, 2.45) is 0 Å². The number of nitrogens with one attached hydrogen (secondary N) is 1. The molecule has 0 atom stereocenters. The van der Waals surface area contributed by atoms with E-state index < -0.39 is 0 Å². The molecule has 0 aromatic heterocycles. The first-order valence-electron chi connectivity index (χ1n) is 7.54. The summed E-state index contributed by atoms with van der Waals surface area (Å²) in [6, 6.07) is 5.61. The van der Waals surface area contributed by atoms with E-state index in [1.807, 2.05) is 0 Å². The third kappa shape index (κ3) is 4.44. The molecule has 0 saturated heterocycles. The largest absolute Gasteiger partial charge is 0.491 e. The van der Waals surface area contributed by atoms with Crippen molar-refractivity contribution in [1.82, 2.24) is 5.32 Å². The van der Waals surface area contributed by atoms with Gasteiger partial charge in [-0.15, -0.1) is 0 Å². The van der Waals surface area contributed by atoms with Crippen LogP contribution in [-0.4, -0.2) is 18.6 Å². The molecule has 4 nitrogen and oxygen atoms in total. The maximum Gasteiger partial charge on any atom is 0.251 e. The third-order valence-corrected chi connectivity index (χ3v) is 3.44. The fraction of sp³-hybridized carbons (Fsp3) is 0.562. The average Bonchev–Trinajstić information content (AvgIpc) is 3.24. The number of unbranched alkanes of at least 4 members (excludes halogenated alkanes) is 3. The molecule has 1 amide bonds. The zero-order chi connectivity index (χ0) is 14.4. The van der Waals surface area contributed by atoms with E-state index >= 15 is 0 Å². The minimum atomic E-state index is -0.0475. The zero-order valence-electron chi connectivity index (χ0n) is 12.2. The number of ether oxygens (including phenoxy) is 1. The van der Waals surface area contributed by atoms with E-state index in [-0.39, 0.29) is 5.91 Å². The molecule has 3 N–H and O–H groups in total. The van der Waals surface area contributed by atoms with Crippen LogP contribution in [0.1, 0.15) is 55.8 Å². The summed E-state index contributed by atoms with van der Waals surface area (Å²) in [6.45, 7) is 2.86. The van der Waals surface area contributed by atoms with E-state index in [0.29, 0.717) is 29.6 Å². The summed E-state index contributed by atoms with van der Waals surface area (Å²) in [5.74, 6) is 0.623. The van der Waals surface area contributed by atoms with Gasteiger partial charge >= 0.3 is 0 Å². The lowest BCUT2D eigenvalue weighted by molar-refractivity contribution is 0.0951. The lowest BCUT2D eigenvalue weighted by Gasteiger charge is -2.10. The Balaban J connectivity index is 1.83. The van der Waals surface area contributed by atoms with Crippen LogP contribution in [0.3, 0.4) is 0 Å². The number of carbonyl (C=O) groups excluding carboxylic acids is 1. The normalized spacial score (nSPS) is 14.1. The number of benzene rings is 1. The topological polar surface area (TPSA) is 64.3 Å². The Morgan fingerprint density at radius 1 is 1.35 bits per heavy atom. The molecule has 20 heavy (non-hydrogen) atoms. The Hall–Kier alpha value is -1.71. The van der Waals surface area contributed by atoms with Gasteiger partial charge < -0.3 is 15.8 Å². The zero-order valence-corrected chi connectivity index (χ0v) is 12.2. The summed E-state index contributed by atoms with van der Waals surface area (Å²) in [5.41, 5.74) is 7.08. The smallest absolute Gasteiger partial charge is 0.251 e. The first kappa shape index (κ1) is 14.7. The van der Waals surface area contributed by atoms with Crippen LogP contribution in [0.15, 0.2) is 18.2 Å². The van der Waals surface area contributed by atoms with Crippen LogP contribution >= 0.6 is 0 Å². The van der Waals surface area contributed by atoms with Crippen molar-refractivity contribution in [3.05, 3.63) is 23.8 Å². The number of amides is 1. The van der Waals surface area contributed by atoms with Gasteiger partial charge in [0.2, 0.25) is 0 Å². The molecule has 0 bridgehead atoms. The van der Waals surface area contributed by atoms with Crippen LogP contribution < -0.4 is 15.8 Å². The molecule has 1 fully saturated rings. The van der Waals surface area contributed by atoms with Gasteiger partial charge in [0.1, 0.15) is 5.75 Å². The van der Waals surface area contributed by atoms with Gasteiger partial charge in [-0.2, -0.15) is 0 Å². The Labute approximate surface area is 120 Å². The Bertz CT molecular complexity index is 456. The monoisotopic (exact) mass is 276 g/mol. The summed E-state index contributed by atoms with van der Waals surface area (Å²) in [4.78, 5) is 11.9. The fourth-order valence-electron chi connectivity index (χ4n) is 2.03. The van der Waals surface area contributed by atoms with Crippen molar-refractivity contribution in [2.45, 2.75) is 51.5 Å². The average molecular weight is 276 g/mol. The van der Waals surface area contributed by atoms with Crippen LogP contribution in [0.25, 0.3) is 0 Å². The van der Waals surface area contributed by atoms with Crippen molar-refractivity contribution < 1.29 is 9.53 Å². The van der Waals surface area contributed by atoms with Crippen molar-refractivity contribution in [2.75, 3.05) is 12.3 Å². The highest BCUT2D eigenvalue weighted by molar-refractivity contribution is 5.95. The number of anilines is 1. The summed E-state index contributed by atoms with van der Waals surface area (Å²) in [6.07, 6.45) is 6.84. The maximum absolute atomic E-state index is 11.9. The standard InChI is InChI=1S/C16H24N2O2/c1-2-3-4-5-10-20-15-9-6-12(11-14(15)17)16(19)18-13-7-8-13/h6,9,11,13H,2-5,7-8,10,17H2,1H3,(H,18,19). The fourth-order valence-corrected chi connectivity index (χ4v) is 2.03. The molecule has 110 valence electrons. The molecule has 0 spiro atoms. The molecule has 1 aromatic rings. The molecule has 0 aliphatic heterocycles. The molecule has 1 saturated carbocycles. The predicted molar refractivity (Wildman–Crippen MR) is 81.0 cm³/mol. The second kappa shape index (κ2) is 7.17. The van der Waals surface area contributed by atoms with Gasteiger partial charge in [0.25, 0.3) is 5.91 Å². The first-order valence-corrected chi connectivity index (χ1v) is 7.54. The summed E-state index contributed by atoms with van der Waals surface area (Å²) < 4.78 is 5.65. The highest BCUT2D eigenvalue weighted by Gasteiger charge is 2.23. The minimum absolute atomic E-state index is 0.0475. The highest BCUT2D eigenvalue weighted by Crippen LogP contribution is 2.24. The molecule has 1 aliphatic carbocycles. The summed E-state index contributed by atoms with van der Waals surface area (Å²) >= 11 is 0. The van der Waals surface area contributed by atoms with Crippen molar-refractivity contribution in [3.8, 4) is 5.75 Å². The minimum Gasteiger partial charge on any atom is -0.491 e. The van der Waals surface area contributed by atoms with E-state index in [2.05, 4.69) is 12.2 Å². The molecule has 0 unspecified atom stereocenters. The van der Waals surface area contributed by atoms with Crippen molar-refractivity contribution >= 4 is 11.6 Å². The van der Waals surface area contributed by atoms with E-state index in [4.69, 9.17) is 10.5 Å². The Kier molecular flexibility index (Phi) is 5.27. The van der Waals surface area contributed by atoms with Crippen LogP contribution in [0.4, 0.5) is 5.69 Å². The molecule has 0 heterocycles. The van der Waals surface area contributed by atoms with E-state index in [9.17, 15) is 4.79 Å². The van der Waals surface area contributed by atoms with Crippen LogP contribution in [0, 0.1) is 0 Å². The molecular weight excluding hydrogens is 252 g/mol. The summed E-state index contributed by atoms with van der Waals surface area (Å²) in [5, 5.41) is 2.95. The van der Waals surface area contributed by atoms with Crippen molar-refractivity contribution in [1.29, 1.82) is 0 Å². The van der Waals surface area contributed by atoms with Crippen LogP contribution in [-0.2, 0) is 0 Å². The molecule has 4 heteroatoms. The molecular formula is C16H24N2O2. The van der Waals surface area contributed by atoms with Gasteiger partial charge in [0, 0.05) is 11.6 Å².